The molecule has 2 aromatic carbocycles. The van der Waals surface area contributed by atoms with Crippen LogP contribution in [0.3, 0.4) is 0 Å². The zero-order valence-corrected chi connectivity index (χ0v) is 15.1. The average molecular weight is 377 g/mol. The molecule has 130 valence electrons. The summed E-state index contributed by atoms with van der Waals surface area (Å²) in [4.78, 5) is 26.6. The molecule has 1 heterocycles. The van der Waals surface area contributed by atoms with Gasteiger partial charge in [0.05, 0.1) is 15.6 Å². The van der Waals surface area contributed by atoms with Crippen LogP contribution in [-0.2, 0) is 0 Å². The van der Waals surface area contributed by atoms with E-state index in [4.69, 9.17) is 23.2 Å². The summed E-state index contributed by atoms with van der Waals surface area (Å²) in [7, 11) is 0. The fourth-order valence-corrected chi connectivity index (χ4v) is 3.50. The highest BCUT2D eigenvalue weighted by atomic mass is 35.5. The Morgan fingerprint density at radius 3 is 2.12 bits per heavy atom. The van der Waals surface area contributed by atoms with Crippen LogP contribution >= 0.6 is 23.2 Å². The largest absolute Gasteiger partial charge is 0.349 e. The predicted molar refractivity (Wildman–Crippen MR) is 99.3 cm³/mol. The Balaban J connectivity index is 1.59. The molecule has 2 amide bonds. The highest BCUT2D eigenvalue weighted by Crippen LogP contribution is 2.27. The standard InChI is InChI=1S/C19H18Cl2N2O2/c20-15-7-4-8-16(21)17(15)19(25)23-11-9-14(10-12-23)22-18(24)13-5-2-1-3-6-13/h1-8,14H,9-12H2,(H,22,24). The number of carbonyl (C=O) groups is 2. The van der Waals surface area contributed by atoms with E-state index in [0.29, 0.717) is 47.1 Å². The van der Waals surface area contributed by atoms with Gasteiger partial charge in [-0.25, -0.2) is 0 Å². The molecule has 0 aromatic heterocycles. The van der Waals surface area contributed by atoms with E-state index in [1.807, 2.05) is 18.2 Å². The molecule has 6 heteroatoms. The molecule has 0 spiro atoms. The maximum Gasteiger partial charge on any atom is 0.256 e. The van der Waals surface area contributed by atoms with Crippen LogP contribution in [0.25, 0.3) is 0 Å². The summed E-state index contributed by atoms with van der Waals surface area (Å²) in [6, 6.07) is 14.2. The minimum Gasteiger partial charge on any atom is -0.349 e. The van der Waals surface area contributed by atoms with Crippen molar-refractivity contribution < 1.29 is 9.59 Å². The van der Waals surface area contributed by atoms with Crippen LogP contribution in [0.4, 0.5) is 0 Å². The first-order chi connectivity index (χ1) is 12.1. The van der Waals surface area contributed by atoms with E-state index in [1.165, 1.54) is 0 Å². The molecule has 25 heavy (non-hydrogen) atoms. The Morgan fingerprint density at radius 2 is 1.52 bits per heavy atom. The minimum absolute atomic E-state index is 0.0541. The normalized spacial score (nSPS) is 15.0. The summed E-state index contributed by atoms with van der Waals surface area (Å²) < 4.78 is 0. The average Bonchev–Trinajstić information content (AvgIpc) is 2.63. The third-order valence-electron chi connectivity index (χ3n) is 4.33. The maximum atomic E-state index is 12.7. The molecule has 1 N–H and O–H groups in total. The van der Waals surface area contributed by atoms with E-state index in [-0.39, 0.29) is 17.9 Å². The van der Waals surface area contributed by atoms with Gasteiger partial charge in [-0.05, 0) is 37.1 Å². The van der Waals surface area contributed by atoms with Gasteiger partial charge >= 0.3 is 0 Å². The number of likely N-dealkylation sites (tertiary alicyclic amines) is 1. The first-order valence-electron chi connectivity index (χ1n) is 8.15. The molecule has 0 unspecified atom stereocenters. The third kappa shape index (κ3) is 4.14. The Morgan fingerprint density at radius 1 is 0.920 bits per heavy atom. The van der Waals surface area contributed by atoms with E-state index in [2.05, 4.69) is 5.32 Å². The molecule has 0 atom stereocenters. The number of benzene rings is 2. The smallest absolute Gasteiger partial charge is 0.256 e. The number of nitrogens with one attached hydrogen (secondary N) is 1. The summed E-state index contributed by atoms with van der Waals surface area (Å²) in [5.74, 6) is -0.247. The summed E-state index contributed by atoms with van der Waals surface area (Å²) in [5, 5.41) is 3.74. The van der Waals surface area contributed by atoms with Gasteiger partial charge in [-0.2, -0.15) is 0 Å². The molecule has 3 rings (SSSR count). The van der Waals surface area contributed by atoms with Gasteiger partial charge in [0.1, 0.15) is 0 Å². The van der Waals surface area contributed by atoms with Crippen molar-refractivity contribution in [2.45, 2.75) is 18.9 Å². The topological polar surface area (TPSA) is 49.4 Å². The number of piperidine rings is 1. The van der Waals surface area contributed by atoms with Crippen LogP contribution in [0, 0.1) is 0 Å². The lowest BCUT2D eigenvalue weighted by molar-refractivity contribution is 0.0698. The summed E-state index contributed by atoms with van der Waals surface area (Å²) >= 11 is 12.2. The van der Waals surface area contributed by atoms with E-state index < -0.39 is 0 Å². The Labute approximate surface area is 156 Å². The lowest BCUT2D eigenvalue weighted by atomic mass is 10.0. The molecule has 1 fully saturated rings. The third-order valence-corrected chi connectivity index (χ3v) is 4.96. The van der Waals surface area contributed by atoms with Gasteiger partial charge in [-0.1, -0.05) is 47.5 Å². The van der Waals surface area contributed by atoms with Gasteiger partial charge < -0.3 is 10.2 Å². The first-order valence-corrected chi connectivity index (χ1v) is 8.91. The van der Waals surface area contributed by atoms with Gasteiger partial charge in [-0.3, -0.25) is 9.59 Å². The Hall–Kier alpha value is -2.04. The molecule has 0 bridgehead atoms. The van der Waals surface area contributed by atoms with E-state index >= 15 is 0 Å². The first kappa shape index (κ1) is 17.8. The van der Waals surface area contributed by atoms with Gasteiger partial charge in [0.25, 0.3) is 11.8 Å². The second kappa shape index (κ2) is 7.89. The van der Waals surface area contributed by atoms with Crippen molar-refractivity contribution in [1.29, 1.82) is 0 Å². The lowest BCUT2D eigenvalue weighted by Crippen LogP contribution is -2.46. The van der Waals surface area contributed by atoms with Crippen molar-refractivity contribution >= 4 is 35.0 Å². The molecule has 0 saturated carbocycles. The number of hydrogen-bond donors (Lipinski definition) is 1. The zero-order chi connectivity index (χ0) is 17.8. The molecule has 1 aliphatic heterocycles. The molecule has 4 nitrogen and oxygen atoms in total. The lowest BCUT2D eigenvalue weighted by Gasteiger charge is -2.32. The number of halogens is 2. The highest BCUT2D eigenvalue weighted by Gasteiger charge is 2.27. The number of amides is 2. The fourth-order valence-electron chi connectivity index (χ4n) is 2.95. The van der Waals surface area contributed by atoms with Crippen molar-refractivity contribution in [3.8, 4) is 0 Å². The van der Waals surface area contributed by atoms with Crippen molar-refractivity contribution in [2.75, 3.05) is 13.1 Å². The Kier molecular flexibility index (Phi) is 5.61. The number of rotatable bonds is 3. The number of hydrogen-bond acceptors (Lipinski definition) is 2. The van der Waals surface area contributed by atoms with Crippen molar-refractivity contribution in [3.63, 3.8) is 0 Å². The van der Waals surface area contributed by atoms with Gasteiger partial charge in [0, 0.05) is 24.7 Å². The SMILES string of the molecule is O=C(NC1CCN(C(=O)c2c(Cl)cccc2Cl)CC1)c1ccccc1. The summed E-state index contributed by atoms with van der Waals surface area (Å²) in [6.07, 6.45) is 1.40. The molecule has 2 aromatic rings. The zero-order valence-electron chi connectivity index (χ0n) is 13.5. The van der Waals surface area contributed by atoms with Crippen LogP contribution in [-0.4, -0.2) is 35.8 Å². The quantitative estimate of drug-likeness (QED) is 0.878. The van der Waals surface area contributed by atoms with Gasteiger partial charge in [-0.15, -0.1) is 0 Å². The molecular weight excluding hydrogens is 359 g/mol. The van der Waals surface area contributed by atoms with E-state index in [9.17, 15) is 9.59 Å². The predicted octanol–water partition coefficient (Wildman–Crippen LogP) is 4.03. The van der Waals surface area contributed by atoms with Gasteiger partial charge in [0.2, 0.25) is 0 Å². The minimum atomic E-state index is -0.163. The second-order valence-electron chi connectivity index (χ2n) is 6.00. The molecule has 1 saturated heterocycles. The maximum absolute atomic E-state index is 12.7. The second-order valence-corrected chi connectivity index (χ2v) is 6.82. The number of carbonyl (C=O) groups excluding carboxylic acids is 2. The van der Waals surface area contributed by atoms with Gasteiger partial charge in [0.15, 0.2) is 0 Å². The van der Waals surface area contributed by atoms with Crippen molar-refractivity contribution in [1.82, 2.24) is 10.2 Å². The highest BCUT2D eigenvalue weighted by molar-refractivity contribution is 6.39. The van der Waals surface area contributed by atoms with Crippen LogP contribution in [0.5, 0.6) is 0 Å². The molecular formula is C19H18Cl2N2O2. The van der Waals surface area contributed by atoms with E-state index in [1.54, 1.807) is 35.2 Å². The van der Waals surface area contributed by atoms with E-state index in [0.717, 1.165) is 0 Å². The van der Waals surface area contributed by atoms with Crippen LogP contribution in [0.1, 0.15) is 33.6 Å². The summed E-state index contributed by atoms with van der Waals surface area (Å²) in [5.41, 5.74) is 0.987. The van der Waals surface area contributed by atoms with Crippen LogP contribution in [0.15, 0.2) is 48.5 Å². The fraction of sp³-hybridized carbons (Fsp3) is 0.263. The Bertz CT molecular complexity index is 752. The molecule has 1 aliphatic rings. The number of nitrogens with zero attached hydrogens (tertiary/aromatic N) is 1. The van der Waals surface area contributed by atoms with Crippen LogP contribution in [0.2, 0.25) is 10.0 Å². The monoisotopic (exact) mass is 376 g/mol. The molecule has 0 radical (unpaired) electrons. The van der Waals surface area contributed by atoms with Crippen LogP contribution < -0.4 is 5.32 Å². The van der Waals surface area contributed by atoms with Crippen molar-refractivity contribution in [2.24, 2.45) is 0 Å². The molecule has 0 aliphatic carbocycles. The summed E-state index contributed by atoms with van der Waals surface area (Å²) in [6.45, 7) is 1.11. The van der Waals surface area contributed by atoms with Crippen molar-refractivity contribution in [3.05, 3.63) is 69.7 Å².